The summed E-state index contributed by atoms with van der Waals surface area (Å²) in [6.07, 6.45) is 1.81. The van der Waals surface area contributed by atoms with Crippen molar-refractivity contribution in [1.82, 2.24) is 9.80 Å². The van der Waals surface area contributed by atoms with Gasteiger partial charge >= 0.3 is 11.9 Å². The van der Waals surface area contributed by atoms with E-state index in [1.54, 1.807) is 6.07 Å². The molecule has 172 valence electrons. The zero-order chi connectivity index (χ0) is 23.5. The van der Waals surface area contributed by atoms with E-state index < -0.39 is 11.9 Å². The number of hydrogen-bond donors (Lipinski definition) is 3. The largest absolute Gasteiger partial charge is 0.508 e. The summed E-state index contributed by atoms with van der Waals surface area (Å²) in [5, 5.41) is 24.4. The number of piperidine rings is 1. The molecule has 3 rings (SSSR count). The molecular formula is C24H30N2O6. The number of likely N-dealkylation sites (tertiary alicyclic amines) is 1. The Labute approximate surface area is 187 Å². The van der Waals surface area contributed by atoms with Crippen LogP contribution in [0.15, 0.2) is 54.6 Å². The highest BCUT2D eigenvalue weighted by molar-refractivity contribution is 6.27. The Kier molecular flexibility index (Phi) is 9.69. The van der Waals surface area contributed by atoms with Gasteiger partial charge in [0.2, 0.25) is 5.91 Å². The molecule has 0 saturated carbocycles. The van der Waals surface area contributed by atoms with Gasteiger partial charge in [0.1, 0.15) is 5.75 Å². The van der Waals surface area contributed by atoms with Crippen molar-refractivity contribution in [2.75, 3.05) is 19.6 Å². The van der Waals surface area contributed by atoms with Crippen molar-refractivity contribution in [2.45, 2.75) is 32.9 Å². The molecule has 1 heterocycles. The highest BCUT2D eigenvalue weighted by Gasteiger charge is 2.28. The third-order valence-electron chi connectivity index (χ3n) is 5.35. The molecule has 0 atom stereocenters. The van der Waals surface area contributed by atoms with Crippen LogP contribution in [0.4, 0.5) is 0 Å². The lowest BCUT2D eigenvalue weighted by molar-refractivity contribution is -0.159. The Hall–Kier alpha value is -3.39. The maximum atomic E-state index is 12.9. The van der Waals surface area contributed by atoms with Crippen LogP contribution in [0.25, 0.3) is 0 Å². The fraction of sp³-hybridized carbons (Fsp3) is 0.375. The number of nitrogens with zero attached hydrogens (tertiary/aromatic N) is 2. The molecule has 0 aliphatic carbocycles. The van der Waals surface area contributed by atoms with Crippen LogP contribution < -0.4 is 0 Å². The number of aliphatic carboxylic acids is 2. The average Bonchev–Trinajstić information content (AvgIpc) is 2.78. The molecule has 1 aliphatic rings. The molecule has 1 fully saturated rings. The average molecular weight is 443 g/mol. The van der Waals surface area contributed by atoms with Crippen LogP contribution in [0, 0.1) is 5.92 Å². The van der Waals surface area contributed by atoms with Crippen LogP contribution in [0.3, 0.4) is 0 Å². The molecule has 1 amide bonds. The lowest BCUT2D eigenvalue weighted by Gasteiger charge is -2.34. The fourth-order valence-corrected chi connectivity index (χ4v) is 3.66. The molecule has 2 aromatic rings. The van der Waals surface area contributed by atoms with Gasteiger partial charge in [-0.2, -0.15) is 0 Å². The zero-order valence-electron chi connectivity index (χ0n) is 18.2. The summed E-state index contributed by atoms with van der Waals surface area (Å²) in [6.45, 7) is 6.18. The number of carboxylic acids is 2. The Bertz CT molecular complexity index is 882. The molecule has 8 heteroatoms. The molecule has 0 bridgehead atoms. The van der Waals surface area contributed by atoms with E-state index in [4.69, 9.17) is 19.8 Å². The SMILES string of the molecule is CCN(Cc1ccccc1)C(=O)C1CCN(Cc2cccc(O)c2)CC1.O=C(O)C(=O)O. The molecule has 0 radical (unpaired) electrons. The third kappa shape index (κ3) is 8.03. The zero-order valence-corrected chi connectivity index (χ0v) is 18.2. The number of phenolic OH excluding ortho intramolecular Hbond substituents is 1. The van der Waals surface area contributed by atoms with Gasteiger partial charge in [-0.15, -0.1) is 0 Å². The van der Waals surface area contributed by atoms with Gasteiger partial charge in [0.15, 0.2) is 0 Å². The van der Waals surface area contributed by atoms with E-state index in [9.17, 15) is 9.90 Å². The van der Waals surface area contributed by atoms with Gasteiger partial charge in [0.25, 0.3) is 0 Å². The molecule has 2 aromatic carbocycles. The summed E-state index contributed by atoms with van der Waals surface area (Å²) in [4.78, 5) is 35.5. The first-order valence-corrected chi connectivity index (χ1v) is 10.6. The van der Waals surface area contributed by atoms with Crippen molar-refractivity contribution in [1.29, 1.82) is 0 Å². The molecule has 0 spiro atoms. The van der Waals surface area contributed by atoms with Crippen LogP contribution >= 0.6 is 0 Å². The van der Waals surface area contributed by atoms with E-state index in [2.05, 4.69) is 24.0 Å². The Morgan fingerprint density at radius 1 is 0.938 bits per heavy atom. The summed E-state index contributed by atoms with van der Waals surface area (Å²) < 4.78 is 0. The second-order valence-electron chi connectivity index (χ2n) is 7.67. The first-order chi connectivity index (χ1) is 15.3. The van der Waals surface area contributed by atoms with Crippen molar-refractivity contribution in [2.24, 2.45) is 5.92 Å². The number of phenols is 1. The summed E-state index contributed by atoms with van der Waals surface area (Å²) in [5.41, 5.74) is 2.30. The van der Waals surface area contributed by atoms with Crippen molar-refractivity contribution in [3.63, 3.8) is 0 Å². The van der Waals surface area contributed by atoms with Gasteiger partial charge in [-0.1, -0.05) is 42.5 Å². The summed E-state index contributed by atoms with van der Waals surface area (Å²) in [6, 6.07) is 17.6. The van der Waals surface area contributed by atoms with Gasteiger partial charge in [0.05, 0.1) is 0 Å². The predicted octanol–water partition coefficient (Wildman–Crippen LogP) is 2.81. The second kappa shape index (κ2) is 12.5. The first-order valence-electron chi connectivity index (χ1n) is 10.6. The van der Waals surface area contributed by atoms with E-state index in [1.165, 1.54) is 5.56 Å². The molecular weight excluding hydrogens is 412 g/mol. The minimum atomic E-state index is -1.82. The number of carboxylic acid groups (broad SMARTS) is 2. The fourth-order valence-electron chi connectivity index (χ4n) is 3.66. The van der Waals surface area contributed by atoms with Crippen molar-refractivity contribution in [3.05, 3.63) is 65.7 Å². The lowest BCUT2D eigenvalue weighted by atomic mass is 9.94. The van der Waals surface area contributed by atoms with E-state index in [-0.39, 0.29) is 11.8 Å². The van der Waals surface area contributed by atoms with Crippen LogP contribution in [0.2, 0.25) is 0 Å². The molecule has 0 aromatic heterocycles. The molecule has 3 N–H and O–H groups in total. The van der Waals surface area contributed by atoms with Crippen LogP contribution in [0.1, 0.15) is 30.9 Å². The number of benzene rings is 2. The predicted molar refractivity (Wildman–Crippen MR) is 119 cm³/mol. The van der Waals surface area contributed by atoms with Crippen LogP contribution in [-0.2, 0) is 27.5 Å². The summed E-state index contributed by atoms with van der Waals surface area (Å²) in [7, 11) is 0. The minimum absolute atomic E-state index is 0.124. The van der Waals surface area contributed by atoms with Crippen LogP contribution in [-0.4, -0.2) is 62.6 Å². The quantitative estimate of drug-likeness (QED) is 0.589. The van der Waals surface area contributed by atoms with E-state index in [0.29, 0.717) is 12.3 Å². The number of carbonyl (C=O) groups is 3. The maximum absolute atomic E-state index is 12.9. The molecule has 1 saturated heterocycles. The number of rotatable bonds is 6. The summed E-state index contributed by atoms with van der Waals surface area (Å²) in [5.74, 6) is -2.93. The van der Waals surface area contributed by atoms with Crippen molar-refractivity contribution >= 4 is 17.8 Å². The lowest BCUT2D eigenvalue weighted by Crippen LogP contribution is -2.42. The standard InChI is InChI=1S/C22H28N2O2.C2H2O4/c1-2-24(17-18-7-4-3-5-8-18)22(26)20-11-13-23(14-12-20)16-19-9-6-10-21(25)15-19;3-1(4)2(5)6/h3-10,15,20,25H,2,11-14,16-17H2,1H3;(H,3,4)(H,5,6). The molecule has 1 aliphatic heterocycles. The topological polar surface area (TPSA) is 118 Å². The molecule has 32 heavy (non-hydrogen) atoms. The van der Waals surface area contributed by atoms with Gasteiger partial charge < -0.3 is 20.2 Å². The second-order valence-corrected chi connectivity index (χ2v) is 7.67. The smallest absolute Gasteiger partial charge is 0.414 e. The molecule has 0 unspecified atom stereocenters. The van der Waals surface area contributed by atoms with Crippen molar-refractivity contribution < 1.29 is 29.7 Å². The maximum Gasteiger partial charge on any atom is 0.414 e. The minimum Gasteiger partial charge on any atom is -0.508 e. The summed E-state index contributed by atoms with van der Waals surface area (Å²) >= 11 is 0. The third-order valence-corrected chi connectivity index (χ3v) is 5.35. The van der Waals surface area contributed by atoms with E-state index >= 15 is 0 Å². The number of hydrogen-bond acceptors (Lipinski definition) is 5. The number of amides is 1. The van der Waals surface area contributed by atoms with Gasteiger partial charge in [-0.05, 0) is 56.1 Å². The molecule has 8 nitrogen and oxygen atoms in total. The number of carbonyl (C=O) groups excluding carboxylic acids is 1. The Morgan fingerprint density at radius 3 is 2.06 bits per heavy atom. The highest BCUT2D eigenvalue weighted by atomic mass is 16.4. The highest BCUT2D eigenvalue weighted by Crippen LogP contribution is 2.23. The van der Waals surface area contributed by atoms with Gasteiger partial charge in [0, 0.05) is 25.6 Å². The Morgan fingerprint density at radius 2 is 1.53 bits per heavy atom. The van der Waals surface area contributed by atoms with E-state index in [0.717, 1.165) is 44.6 Å². The van der Waals surface area contributed by atoms with E-state index in [1.807, 2.05) is 41.3 Å². The van der Waals surface area contributed by atoms with Gasteiger partial charge in [-0.25, -0.2) is 9.59 Å². The van der Waals surface area contributed by atoms with Crippen molar-refractivity contribution in [3.8, 4) is 5.75 Å². The van der Waals surface area contributed by atoms with Gasteiger partial charge in [-0.3, -0.25) is 9.69 Å². The number of aromatic hydroxyl groups is 1. The monoisotopic (exact) mass is 442 g/mol. The first kappa shape index (κ1) is 24.9. The van der Waals surface area contributed by atoms with Crippen LogP contribution in [0.5, 0.6) is 5.75 Å². The Balaban J connectivity index is 0.000000534. The normalized spacial score (nSPS) is 14.2.